The van der Waals surface area contributed by atoms with Crippen LogP contribution in [0.25, 0.3) is 0 Å². The molecule has 116 valence electrons. The first-order valence-corrected chi connectivity index (χ1v) is 8.52. The number of para-hydroxylation sites is 1. The van der Waals surface area contributed by atoms with Crippen molar-refractivity contribution in [1.82, 2.24) is 4.72 Å². The van der Waals surface area contributed by atoms with E-state index >= 15 is 0 Å². The Bertz CT molecular complexity index is 785. The van der Waals surface area contributed by atoms with Crippen LogP contribution in [0.3, 0.4) is 0 Å². The molecule has 4 nitrogen and oxygen atoms in total. The molecule has 0 amide bonds. The topological polar surface area (TPSA) is 55.4 Å². The highest BCUT2D eigenvalue weighted by Gasteiger charge is 2.26. The molecule has 22 heavy (non-hydrogen) atoms. The average molecular weight is 342 g/mol. The molecular weight excluding hydrogens is 329 g/mol. The van der Waals surface area contributed by atoms with Gasteiger partial charge in [-0.2, -0.15) is 0 Å². The van der Waals surface area contributed by atoms with Crippen molar-refractivity contribution in [2.75, 3.05) is 6.54 Å². The lowest BCUT2D eigenvalue weighted by atomic mass is 10.1. The van der Waals surface area contributed by atoms with Crippen LogP contribution in [0.15, 0.2) is 47.4 Å². The van der Waals surface area contributed by atoms with E-state index in [0.717, 1.165) is 11.3 Å². The van der Waals surface area contributed by atoms with Gasteiger partial charge in [-0.1, -0.05) is 35.9 Å². The number of ether oxygens (including phenoxy) is 1. The van der Waals surface area contributed by atoms with Gasteiger partial charge in [0.1, 0.15) is 16.7 Å². The SMILES string of the molecule is O=S(=O)(NCC1Cc2ccccc2O1)c1cccc(Cl)c1F. The molecule has 3 rings (SSSR count). The molecule has 0 saturated carbocycles. The fraction of sp³-hybridized carbons (Fsp3) is 0.200. The molecule has 0 fully saturated rings. The van der Waals surface area contributed by atoms with Gasteiger partial charge in [0, 0.05) is 13.0 Å². The standard InChI is InChI=1S/C15H13ClFNO3S/c16-12-5-3-7-14(15(12)17)22(19,20)18-9-11-8-10-4-1-2-6-13(10)21-11/h1-7,11,18H,8-9H2. The monoisotopic (exact) mass is 341 g/mol. The minimum atomic E-state index is -3.98. The van der Waals surface area contributed by atoms with Gasteiger partial charge in [-0.3, -0.25) is 0 Å². The third kappa shape index (κ3) is 2.95. The average Bonchev–Trinajstić information content (AvgIpc) is 2.91. The van der Waals surface area contributed by atoms with E-state index in [1.54, 1.807) is 0 Å². The maximum absolute atomic E-state index is 13.8. The third-order valence-electron chi connectivity index (χ3n) is 3.42. The lowest BCUT2D eigenvalue weighted by Crippen LogP contribution is -2.34. The van der Waals surface area contributed by atoms with Crippen molar-refractivity contribution in [3.05, 3.63) is 58.9 Å². The highest BCUT2D eigenvalue weighted by atomic mass is 35.5. The van der Waals surface area contributed by atoms with Gasteiger partial charge in [-0.05, 0) is 23.8 Å². The molecule has 1 N–H and O–H groups in total. The van der Waals surface area contributed by atoms with Gasteiger partial charge in [-0.25, -0.2) is 17.5 Å². The Morgan fingerprint density at radius 3 is 2.77 bits per heavy atom. The van der Waals surface area contributed by atoms with Crippen LogP contribution in [0.5, 0.6) is 5.75 Å². The summed E-state index contributed by atoms with van der Waals surface area (Å²) >= 11 is 5.62. The first-order valence-electron chi connectivity index (χ1n) is 6.65. The fourth-order valence-corrected chi connectivity index (χ4v) is 3.73. The van der Waals surface area contributed by atoms with Crippen LogP contribution < -0.4 is 9.46 Å². The predicted octanol–water partition coefficient (Wildman–Crippen LogP) is 2.76. The van der Waals surface area contributed by atoms with E-state index in [4.69, 9.17) is 16.3 Å². The van der Waals surface area contributed by atoms with Gasteiger partial charge in [0.25, 0.3) is 0 Å². The highest BCUT2D eigenvalue weighted by molar-refractivity contribution is 7.89. The van der Waals surface area contributed by atoms with Gasteiger partial charge < -0.3 is 4.74 Å². The van der Waals surface area contributed by atoms with Gasteiger partial charge in [0.05, 0.1) is 5.02 Å². The van der Waals surface area contributed by atoms with Crippen LogP contribution in [-0.2, 0) is 16.4 Å². The number of hydrogen-bond acceptors (Lipinski definition) is 3. The Morgan fingerprint density at radius 1 is 1.23 bits per heavy atom. The molecule has 1 heterocycles. The van der Waals surface area contributed by atoms with Crippen LogP contribution >= 0.6 is 11.6 Å². The third-order valence-corrected chi connectivity index (χ3v) is 5.15. The first-order chi connectivity index (χ1) is 10.5. The molecule has 0 saturated heterocycles. The zero-order valence-corrected chi connectivity index (χ0v) is 13.0. The number of sulfonamides is 1. The summed E-state index contributed by atoms with van der Waals surface area (Å²) in [4.78, 5) is -0.462. The van der Waals surface area contributed by atoms with E-state index < -0.39 is 20.7 Å². The van der Waals surface area contributed by atoms with E-state index in [1.165, 1.54) is 18.2 Å². The Labute approximate surface area is 132 Å². The van der Waals surface area contributed by atoms with E-state index in [-0.39, 0.29) is 17.7 Å². The van der Waals surface area contributed by atoms with Gasteiger partial charge in [-0.15, -0.1) is 0 Å². The van der Waals surface area contributed by atoms with Crippen LogP contribution in [0.4, 0.5) is 4.39 Å². The molecule has 7 heteroatoms. The summed E-state index contributed by atoms with van der Waals surface area (Å²) in [6.07, 6.45) is 0.297. The summed E-state index contributed by atoms with van der Waals surface area (Å²) in [5.41, 5.74) is 1.03. The summed E-state index contributed by atoms with van der Waals surface area (Å²) in [7, 11) is -3.98. The van der Waals surface area contributed by atoms with E-state index in [2.05, 4.69) is 4.72 Å². The molecule has 1 atom stereocenters. The van der Waals surface area contributed by atoms with E-state index in [1.807, 2.05) is 24.3 Å². The highest BCUT2D eigenvalue weighted by Crippen LogP contribution is 2.28. The Kier molecular flexibility index (Phi) is 4.08. The van der Waals surface area contributed by atoms with E-state index in [0.29, 0.717) is 6.42 Å². The molecule has 1 aliphatic heterocycles. The van der Waals surface area contributed by atoms with Crippen LogP contribution in [0.2, 0.25) is 5.02 Å². The smallest absolute Gasteiger partial charge is 0.243 e. The van der Waals surface area contributed by atoms with Crippen molar-refractivity contribution in [3.8, 4) is 5.75 Å². The van der Waals surface area contributed by atoms with Crippen LogP contribution in [0.1, 0.15) is 5.56 Å². The molecule has 1 unspecified atom stereocenters. The normalized spacial score (nSPS) is 17.1. The lowest BCUT2D eigenvalue weighted by Gasteiger charge is -2.13. The minimum absolute atomic E-state index is 0.0585. The second-order valence-electron chi connectivity index (χ2n) is 4.96. The molecule has 2 aromatic carbocycles. The summed E-state index contributed by atoms with van der Waals surface area (Å²) in [6.45, 7) is 0.0585. The number of benzene rings is 2. The van der Waals surface area contributed by atoms with Gasteiger partial charge >= 0.3 is 0 Å². The zero-order chi connectivity index (χ0) is 15.7. The van der Waals surface area contributed by atoms with Crippen molar-refractivity contribution in [3.63, 3.8) is 0 Å². The Balaban J connectivity index is 1.71. The molecule has 2 aromatic rings. The number of nitrogens with one attached hydrogen (secondary N) is 1. The minimum Gasteiger partial charge on any atom is -0.488 e. The summed E-state index contributed by atoms with van der Waals surface area (Å²) in [5.74, 6) is -0.201. The van der Waals surface area contributed by atoms with Crippen molar-refractivity contribution in [1.29, 1.82) is 0 Å². The largest absolute Gasteiger partial charge is 0.488 e. The maximum atomic E-state index is 13.8. The van der Waals surface area contributed by atoms with Crippen molar-refractivity contribution >= 4 is 21.6 Å². The summed E-state index contributed by atoms with van der Waals surface area (Å²) in [6, 6.07) is 11.4. The number of rotatable bonds is 4. The predicted molar refractivity (Wildman–Crippen MR) is 81.2 cm³/mol. The Morgan fingerprint density at radius 2 is 2.00 bits per heavy atom. The summed E-state index contributed by atoms with van der Waals surface area (Å²) < 4.78 is 46.2. The summed E-state index contributed by atoms with van der Waals surface area (Å²) in [5, 5.41) is -0.229. The molecule has 0 aromatic heterocycles. The van der Waals surface area contributed by atoms with Crippen LogP contribution in [-0.4, -0.2) is 21.1 Å². The van der Waals surface area contributed by atoms with Gasteiger partial charge in [0.2, 0.25) is 10.0 Å². The quantitative estimate of drug-likeness (QED) is 0.930. The van der Waals surface area contributed by atoms with Gasteiger partial charge in [0.15, 0.2) is 5.82 Å². The van der Waals surface area contributed by atoms with Crippen LogP contribution in [0, 0.1) is 5.82 Å². The Hall–Kier alpha value is -1.63. The first kappa shape index (κ1) is 15.3. The van der Waals surface area contributed by atoms with Crippen molar-refractivity contribution in [2.24, 2.45) is 0 Å². The van der Waals surface area contributed by atoms with Crippen molar-refractivity contribution in [2.45, 2.75) is 17.4 Å². The number of hydrogen-bond donors (Lipinski definition) is 1. The zero-order valence-electron chi connectivity index (χ0n) is 11.4. The van der Waals surface area contributed by atoms with E-state index in [9.17, 15) is 12.8 Å². The maximum Gasteiger partial charge on any atom is 0.243 e. The molecule has 0 spiro atoms. The molecular formula is C15H13ClFNO3S. The number of halogens is 2. The fourth-order valence-electron chi connectivity index (χ4n) is 2.34. The second kappa shape index (κ2) is 5.87. The molecule has 0 bridgehead atoms. The molecule has 1 aliphatic rings. The lowest BCUT2D eigenvalue weighted by molar-refractivity contribution is 0.236. The molecule has 0 aliphatic carbocycles. The van der Waals surface area contributed by atoms with Crippen molar-refractivity contribution < 1.29 is 17.5 Å². The molecule has 0 radical (unpaired) electrons. The number of fused-ring (bicyclic) bond motifs is 1. The second-order valence-corrected chi connectivity index (χ2v) is 7.10.